The van der Waals surface area contributed by atoms with Crippen molar-refractivity contribution < 1.29 is 19.2 Å². The summed E-state index contributed by atoms with van der Waals surface area (Å²) >= 11 is 1.10. The van der Waals surface area contributed by atoms with E-state index < -0.39 is 0 Å². The maximum absolute atomic E-state index is 12.5. The van der Waals surface area contributed by atoms with E-state index in [2.05, 4.69) is 20.8 Å². The molecule has 10 heteroatoms. The van der Waals surface area contributed by atoms with E-state index in [1.807, 2.05) is 0 Å². The molecule has 4 rings (SSSR count). The predicted octanol–water partition coefficient (Wildman–Crippen LogP) is 2.47. The SMILES string of the molecule is CC(=O)Nc1ccc(CC(=O)Nc2nnc(CN3C(=O)c4ccccc4C3=O)s2)cc1. The first-order chi connectivity index (χ1) is 14.9. The lowest BCUT2D eigenvalue weighted by atomic mass is 10.1. The molecule has 0 fully saturated rings. The van der Waals surface area contributed by atoms with Crippen LogP contribution in [-0.2, 0) is 22.6 Å². The number of amides is 4. The van der Waals surface area contributed by atoms with Gasteiger partial charge in [-0.1, -0.05) is 35.6 Å². The Morgan fingerprint density at radius 2 is 1.58 bits per heavy atom. The Bertz CT molecular complexity index is 1150. The number of hydrogen-bond acceptors (Lipinski definition) is 7. The van der Waals surface area contributed by atoms with Crippen molar-refractivity contribution >= 4 is 45.8 Å². The lowest BCUT2D eigenvalue weighted by Gasteiger charge is -2.10. The highest BCUT2D eigenvalue weighted by atomic mass is 32.1. The number of nitrogens with one attached hydrogen (secondary N) is 2. The van der Waals surface area contributed by atoms with E-state index in [0.29, 0.717) is 21.8 Å². The van der Waals surface area contributed by atoms with Crippen molar-refractivity contribution in [1.29, 1.82) is 0 Å². The summed E-state index contributed by atoms with van der Waals surface area (Å²) < 4.78 is 0. The maximum Gasteiger partial charge on any atom is 0.261 e. The minimum absolute atomic E-state index is 0.00943. The molecular formula is C21H17N5O4S. The third-order valence-electron chi connectivity index (χ3n) is 4.52. The number of fused-ring (bicyclic) bond motifs is 1. The summed E-state index contributed by atoms with van der Waals surface area (Å²) in [6, 6.07) is 13.6. The van der Waals surface area contributed by atoms with Crippen LogP contribution in [0.25, 0.3) is 0 Å². The Kier molecular flexibility index (Phi) is 5.54. The molecule has 0 aliphatic carbocycles. The van der Waals surface area contributed by atoms with Gasteiger partial charge in [-0.15, -0.1) is 10.2 Å². The zero-order chi connectivity index (χ0) is 22.0. The fourth-order valence-corrected chi connectivity index (χ4v) is 3.89. The van der Waals surface area contributed by atoms with Crippen molar-refractivity contribution in [1.82, 2.24) is 15.1 Å². The Balaban J connectivity index is 1.35. The molecular weight excluding hydrogens is 418 g/mol. The molecule has 1 aromatic heterocycles. The first-order valence-electron chi connectivity index (χ1n) is 9.34. The zero-order valence-corrected chi connectivity index (χ0v) is 17.2. The largest absolute Gasteiger partial charge is 0.326 e. The van der Waals surface area contributed by atoms with Gasteiger partial charge < -0.3 is 10.6 Å². The molecule has 2 heterocycles. The number of imide groups is 1. The third kappa shape index (κ3) is 4.48. The Hall–Kier alpha value is -3.92. The van der Waals surface area contributed by atoms with Gasteiger partial charge in [0.05, 0.1) is 24.1 Å². The molecule has 9 nitrogen and oxygen atoms in total. The highest BCUT2D eigenvalue weighted by Crippen LogP contribution is 2.26. The van der Waals surface area contributed by atoms with E-state index in [9.17, 15) is 19.2 Å². The third-order valence-corrected chi connectivity index (χ3v) is 5.35. The van der Waals surface area contributed by atoms with Gasteiger partial charge in [-0.2, -0.15) is 0 Å². The number of benzene rings is 2. The van der Waals surface area contributed by atoms with Gasteiger partial charge in [0, 0.05) is 12.6 Å². The molecule has 31 heavy (non-hydrogen) atoms. The minimum Gasteiger partial charge on any atom is -0.326 e. The number of aromatic nitrogens is 2. The normalized spacial score (nSPS) is 12.6. The van der Waals surface area contributed by atoms with E-state index >= 15 is 0 Å². The summed E-state index contributed by atoms with van der Waals surface area (Å²) in [6.07, 6.45) is 0.119. The van der Waals surface area contributed by atoms with Crippen LogP contribution in [0.3, 0.4) is 0 Å². The fraction of sp³-hybridized carbons (Fsp3) is 0.143. The number of carbonyl (C=O) groups is 4. The highest BCUT2D eigenvalue weighted by Gasteiger charge is 2.35. The average Bonchev–Trinajstić information content (AvgIpc) is 3.27. The van der Waals surface area contributed by atoms with Crippen molar-refractivity contribution in [2.45, 2.75) is 19.9 Å². The van der Waals surface area contributed by atoms with Gasteiger partial charge in [-0.05, 0) is 29.8 Å². The standard InChI is InChI=1S/C21H17N5O4S/c1-12(27)22-14-8-6-13(7-9-14)10-17(28)23-21-25-24-18(31-21)11-26-19(29)15-4-2-3-5-16(15)20(26)30/h2-9H,10-11H2,1H3,(H,22,27)(H,23,25,28). The molecule has 0 spiro atoms. The van der Waals surface area contributed by atoms with Gasteiger partial charge in [0.25, 0.3) is 11.8 Å². The van der Waals surface area contributed by atoms with Crippen molar-refractivity contribution in [3.8, 4) is 0 Å². The summed E-state index contributed by atoms with van der Waals surface area (Å²) in [5.74, 6) is -1.19. The molecule has 0 saturated carbocycles. The summed E-state index contributed by atoms with van der Waals surface area (Å²) in [7, 11) is 0. The van der Waals surface area contributed by atoms with E-state index in [1.54, 1.807) is 48.5 Å². The minimum atomic E-state index is -0.371. The Morgan fingerprint density at radius 1 is 0.935 bits per heavy atom. The molecule has 2 aromatic carbocycles. The smallest absolute Gasteiger partial charge is 0.261 e. The van der Waals surface area contributed by atoms with Gasteiger partial charge in [0.2, 0.25) is 16.9 Å². The molecule has 1 aliphatic rings. The second-order valence-electron chi connectivity index (χ2n) is 6.85. The average molecular weight is 435 g/mol. The van der Waals surface area contributed by atoms with Crippen molar-refractivity contribution in [3.63, 3.8) is 0 Å². The number of anilines is 2. The van der Waals surface area contributed by atoms with Crippen LogP contribution >= 0.6 is 11.3 Å². The highest BCUT2D eigenvalue weighted by molar-refractivity contribution is 7.15. The summed E-state index contributed by atoms with van der Waals surface area (Å²) in [6.45, 7) is 1.41. The molecule has 1 aliphatic heterocycles. The quantitative estimate of drug-likeness (QED) is 0.574. The van der Waals surface area contributed by atoms with Crippen LogP contribution < -0.4 is 10.6 Å². The summed E-state index contributed by atoms with van der Waals surface area (Å²) in [5, 5.41) is 14.0. The Labute approximate surface area is 181 Å². The molecule has 2 N–H and O–H groups in total. The van der Waals surface area contributed by atoms with Gasteiger partial charge in [-0.3, -0.25) is 24.1 Å². The lowest BCUT2D eigenvalue weighted by molar-refractivity contribution is -0.116. The van der Waals surface area contributed by atoms with Crippen LogP contribution in [0.1, 0.15) is 38.2 Å². The second-order valence-corrected chi connectivity index (χ2v) is 7.91. The van der Waals surface area contributed by atoms with Crippen LogP contribution in [0, 0.1) is 0 Å². The monoisotopic (exact) mass is 435 g/mol. The zero-order valence-electron chi connectivity index (χ0n) is 16.4. The van der Waals surface area contributed by atoms with Crippen LogP contribution in [-0.4, -0.2) is 38.7 Å². The second kappa shape index (κ2) is 8.44. The maximum atomic E-state index is 12.5. The van der Waals surface area contributed by atoms with Crippen LogP contribution in [0.2, 0.25) is 0 Å². The van der Waals surface area contributed by atoms with E-state index in [4.69, 9.17) is 0 Å². The fourth-order valence-electron chi connectivity index (χ4n) is 3.14. The van der Waals surface area contributed by atoms with Crippen molar-refractivity contribution in [3.05, 3.63) is 70.2 Å². The van der Waals surface area contributed by atoms with Crippen molar-refractivity contribution in [2.24, 2.45) is 0 Å². The van der Waals surface area contributed by atoms with Gasteiger partial charge in [0.15, 0.2) is 0 Å². The number of carbonyl (C=O) groups excluding carboxylic acids is 4. The first-order valence-corrected chi connectivity index (χ1v) is 10.2. The van der Waals surface area contributed by atoms with Crippen molar-refractivity contribution in [2.75, 3.05) is 10.6 Å². The molecule has 0 saturated heterocycles. The summed E-state index contributed by atoms with van der Waals surface area (Å²) in [4.78, 5) is 49.4. The topological polar surface area (TPSA) is 121 Å². The van der Waals surface area contributed by atoms with Crippen LogP contribution in [0.4, 0.5) is 10.8 Å². The first kappa shape index (κ1) is 20.4. The molecule has 0 radical (unpaired) electrons. The summed E-state index contributed by atoms with van der Waals surface area (Å²) in [5.41, 5.74) is 2.16. The number of rotatable bonds is 6. The number of nitrogens with zero attached hydrogens (tertiary/aromatic N) is 3. The predicted molar refractivity (Wildman–Crippen MR) is 114 cm³/mol. The molecule has 3 aromatic rings. The van der Waals surface area contributed by atoms with Crippen LogP contribution in [0.15, 0.2) is 48.5 Å². The molecule has 156 valence electrons. The van der Waals surface area contributed by atoms with E-state index in [0.717, 1.165) is 21.8 Å². The van der Waals surface area contributed by atoms with Gasteiger partial charge in [-0.25, -0.2) is 0 Å². The van der Waals surface area contributed by atoms with Gasteiger partial charge >= 0.3 is 0 Å². The molecule has 0 unspecified atom stereocenters. The number of hydrogen-bond donors (Lipinski definition) is 2. The molecule has 0 atom stereocenters. The lowest BCUT2D eigenvalue weighted by Crippen LogP contribution is -2.29. The molecule has 4 amide bonds. The van der Waals surface area contributed by atoms with Gasteiger partial charge in [0.1, 0.15) is 5.01 Å². The van der Waals surface area contributed by atoms with E-state index in [1.165, 1.54) is 6.92 Å². The molecule has 0 bridgehead atoms. The van der Waals surface area contributed by atoms with Crippen LogP contribution in [0.5, 0.6) is 0 Å². The van der Waals surface area contributed by atoms with E-state index in [-0.39, 0.29) is 41.7 Å². The Morgan fingerprint density at radius 3 is 2.19 bits per heavy atom.